The van der Waals surface area contributed by atoms with Crippen molar-refractivity contribution in [3.05, 3.63) is 58.6 Å². The van der Waals surface area contributed by atoms with Crippen LogP contribution in [0.25, 0.3) is 0 Å². The molecule has 2 amide bonds. The number of hydrogen-bond acceptors (Lipinski definition) is 4. The number of halogens is 1. The second kappa shape index (κ2) is 9.38. The fourth-order valence-corrected chi connectivity index (χ4v) is 5.55. The third kappa shape index (κ3) is 4.61. The fraction of sp³-hybridized carbons (Fsp3) is 0.364. The summed E-state index contributed by atoms with van der Waals surface area (Å²) < 4.78 is 27.1. The number of hydrogen-bond donors (Lipinski definition) is 1. The van der Waals surface area contributed by atoms with Gasteiger partial charge in [0.15, 0.2) is 0 Å². The molecule has 9 heteroatoms. The van der Waals surface area contributed by atoms with Crippen molar-refractivity contribution in [1.82, 2.24) is 9.62 Å². The molecule has 0 aromatic heterocycles. The summed E-state index contributed by atoms with van der Waals surface area (Å²) in [5, 5.41) is 3.39. The molecule has 1 unspecified atom stereocenters. The van der Waals surface area contributed by atoms with E-state index in [1.807, 2.05) is 18.2 Å². The third-order valence-corrected chi connectivity index (χ3v) is 7.85. The molecule has 0 bridgehead atoms. The van der Waals surface area contributed by atoms with E-state index in [0.717, 1.165) is 5.56 Å². The first-order valence-corrected chi connectivity index (χ1v) is 12.0. The van der Waals surface area contributed by atoms with Crippen molar-refractivity contribution in [2.24, 2.45) is 0 Å². The number of sulfonamides is 1. The van der Waals surface area contributed by atoms with Crippen molar-refractivity contribution in [3.8, 4) is 0 Å². The van der Waals surface area contributed by atoms with Crippen molar-refractivity contribution in [3.63, 3.8) is 0 Å². The lowest BCUT2D eigenvalue weighted by Gasteiger charge is -2.23. The van der Waals surface area contributed by atoms with E-state index in [-0.39, 0.29) is 29.7 Å². The van der Waals surface area contributed by atoms with Crippen LogP contribution in [0.1, 0.15) is 31.9 Å². The summed E-state index contributed by atoms with van der Waals surface area (Å²) in [5.74, 6) is -0.601. The van der Waals surface area contributed by atoms with Crippen molar-refractivity contribution < 1.29 is 18.0 Å². The number of rotatable bonds is 7. The minimum absolute atomic E-state index is 0.163. The molecule has 0 saturated carbocycles. The van der Waals surface area contributed by atoms with E-state index in [1.54, 1.807) is 32.0 Å². The summed E-state index contributed by atoms with van der Waals surface area (Å²) in [4.78, 5) is 26.8. The number of amides is 2. The Kier molecular flexibility index (Phi) is 7.03. The Hall–Kier alpha value is -2.42. The smallest absolute Gasteiger partial charge is 0.243 e. The molecule has 31 heavy (non-hydrogen) atoms. The fourth-order valence-electron chi connectivity index (χ4n) is 3.84. The third-order valence-electron chi connectivity index (χ3n) is 5.43. The summed E-state index contributed by atoms with van der Waals surface area (Å²) >= 11 is 6.15. The molecule has 1 atom stereocenters. The van der Waals surface area contributed by atoms with Gasteiger partial charge in [0.2, 0.25) is 21.8 Å². The molecule has 0 aliphatic carbocycles. The molecule has 0 fully saturated rings. The van der Waals surface area contributed by atoms with Crippen molar-refractivity contribution in [1.29, 1.82) is 0 Å². The SMILES string of the molecule is CCN(CC)S(=O)(=O)c1ccc2c(c1)CC(C(=O)NCc1ccccc1Cl)N2C(C)=O. The molecule has 0 radical (unpaired) electrons. The van der Waals surface area contributed by atoms with E-state index < -0.39 is 16.1 Å². The number of nitrogens with one attached hydrogen (secondary N) is 1. The van der Waals surface area contributed by atoms with Gasteiger partial charge in [0, 0.05) is 43.7 Å². The molecule has 2 aromatic carbocycles. The van der Waals surface area contributed by atoms with E-state index in [4.69, 9.17) is 11.6 Å². The van der Waals surface area contributed by atoms with Gasteiger partial charge < -0.3 is 5.32 Å². The van der Waals surface area contributed by atoms with Crippen LogP contribution in [0.5, 0.6) is 0 Å². The molecule has 0 saturated heterocycles. The van der Waals surface area contributed by atoms with E-state index in [1.165, 1.54) is 22.2 Å². The van der Waals surface area contributed by atoms with Gasteiger partial charge in [0.25, 0.3) is 0 Å². The second-order valence-corrected chi connectivity index (χ2v) is 9.64. The number of carbonyl (C=O) groups excluding carboxylic acids is 2. The van der Waals surface area contributed by atoms with Crippen LogP contribution in [-0.4, -0.2) is 43.7 Å². The van der Waals surface area contributed by atoms with Crippen LogP contribution in [-0.2, 0) is 32.6 Å². The van der Waals surface area contributed by atoms with Crippen LogP contribution in [0.15, 0.2) is 47.4 Å². The lowest BCUT2D eigenvalue weighted by molar-refractivity contribution is -0.125. The van der Waals surface area contributed by atoms with Gasteiger partial charge in [-0.3, -0.25) is 14.5 Å². The number of fused-ring (bicyclic) bond motifs is 1. The van der Waals surface area contributed by atoms with Gasteiger partial charge in [-0.1, -0.05) is 43.6 Å². The maximum Gasteiger partial charge on any atom is 0.243 e. The highest BCUT2D eigenvalue weighted by Gasteiger charge is 2.38. The molecular weight excluding hydrogens is 438 g/mol. The van der Waals surface area contributed by atoms with Crippen molar-refractivity contribution in [2.45, 2.75) is 44.7 Å². The average molecular weight is 464 g/mol. The van der Waals surface area contributed by atoms with Crippen LogP contribution in [0.3, 0.4) is 0 Å². The van der Waals surface area contributed by atoms with Gasteiger partial charge in [-0.05, 0) is 35.4 Å². The van der Waals surface area contributed by atoms with Crippen molar-refractivity contribution in [2.75, 3.05) is 18.0 Å². The minimum atomic E-state index is -3.63. The highest BCUT2D eigenvalue weighted by atomic mass is 35.5. The molecule has 3 rings (SSSR count). The highest BCUT2D eigenvalue weighted by molar-refractivity contribution is 7.89. The molecule has 1 heterocycles. The van der Waals surface area contributed by atoms with Gasteiger partial charge in [-0.15, -0.1) is 0 Å². The number of carbonyl (C=O) groups is 2. The van der Waals surface area contributed by atoms with Crippen LogP contribution in [0.4, 0.5) is 5.69 Å². The Balaban J connectivity index is 1.85. The topological polar surface area (TPSA) is 86.8 Å². The zero-order valence-electron chi connectivity index (χ0n) is 17.8. The van der Waals surface area contributed by atoms with Gasteiger partial charge in [-0.25, -0.2) is 8.42 Å². The summed E-state index contributed by atoms with van der Waals surface area (Å²) in [6.45, 7) is 5.92. The second-order valence-electron chi connectivity index (χ2n) is 7.30. The van der Waals surface area contributed by atoms with Gasteiger partial charge in [-0.2, -0.15) is 4.31 Å². The lowest BCUT2D eigenvalue weighted by atomic mass is 10.1. The first kappa shape index (κ1) is 23.2. The number of nitrogens with zero attached hydrogens (tertiary/aromatic N) is 2. The normalized spacial score (nSPS) is 15.8. The van der Waals surface area contributed by atoms with E-state index in [0.29, 0.717) is 29.4 Å². The summed E-state index contributed by atoms with van der Waals surface area (Å²) in [6.07, 6.45) is 0.241. The molecule has 1 aliphatic heterocycles. The van der Waals surface area contributed by atoms with Crippen LogP contribution < -0.4 is 10.2 Å². The monoisotopic (exact) mass is 463 g/mol. The maximum atomic E-state index is 12.9. The first-order valence-electron chi connectivity index (χ1n) is 10.1. The number of anilines is 1. The molecule has 7 nitrogen and oxygen atoms in total. The molecule has 2 aromatic rings. The van der Waals surface area contributed by atoms with Crippen LogP contribution in [0.2, 0.25) is 5.02 Å². The minimum Gasteiger partial charge on any atom is -0.350 e. The van der Waals surface area contributed by atoms with Gasteiger partial charge in [0.1, 0.15) is 6.04 Å². The summed E-state index contributed by atoms with van der Waals surface area (Å²) in [6, 6.07) is 11.1. The summed E-state index contributed by atoms with van der Waals surface area (Å²) in [5.41, 5.74) is 1.99. The Morgan fingerprint density at radius 1 is 1.16 bits per heavy atom. The zero-order chi connectivity index (χ0) is 22.8. The Morgan fingerprint density at radius 2 is 1.84 bits per heavy atom. The van der Waals surface area contributed by atoms with Gasteiger partial charge >= 0.3 is 0 Å². The Labute approximate surface area is 188 Å². The Morgan fingerprint density at radius 3 is 2.45 bits per heavy atom. The molecule has 0 spiro atoms. The standard InChI is InChI=1S/C22H26ClN3O4S/c1-4-25(5-2)31(29,30)18-10-11-20-17(12-18)13-21(26(20)15(3)27)22(28)24-14-16-8-6-7-9-19(16)23/h6-12,21H,4-5,13-14H2,1-3H3,(H,24,28). The van der Waals surface area contributed by atoms with Crippen LogP contribution in [0, 0.1) is 0 Å². The van der Waals surface area contributed by atoms with Crippen molar-refractivity contribution >= 4 is 39.1 Å². The molecule has 166 valence electrons. The predicted octanol–water partition coefficient (Wildman–Crippen LogP) is 2.96. The van der Waals surface area contributed by atoms with E-state index in [9.17, 15) is 18.0 Å². The zero-order valence-corrected chi connectivity index (χ0v) is 19.3. The van der Waals surface area contributed by atoms with Crippen LogP contribution >= 0.6 is 11.6 Å². The maximum absolute atomic E-state index is 12.9. The highest BCUT2D eigenvalue weighted by Crippen LogP contribution is 2.35. The Bertz CT molecular complexity index is 1100. The number of benzene rings is 2. The molecule has 1 aliphatic rings. The predicted molar refractivity (Wildman–Crippen MR) is 120 cm³/mol. The van der Waals surface area contributed by atoms with E-state index in [2.05, 4.69) is 5.32 Å². The quantitative estimate of drug-likeness (QED) is 0.683. The summed E-state index contributed by atoms with van der Waals surface area (Å²) in [7, 11) is -3.63. The van der Waals surface area contributed by atoms with E-state index >= 15 is 0 Å². The average Bonchev–Trinajstić information content (AvgIpc) is 3.13. The molecular formula is C22H26ClN3O4S. The first-order chi connectivity index (χ1) is 14.7. The largest absolute Gasteiger partial charge is 0.350 e. The van der Waals surface area contributed by atoms with Gasteiger partial charge in [0.05, 0.1) is 4.90 Å². The lowest BCUT2D eigenvalue weighted by Crippen LogP contribution is -2.47. The molecule has 1 N–H and O–H groups in total.